The normalized spacial score (nSPS) is 10.9. The maximum atomic E-state index is 5.99. The van der Waals surface area contributed by atoms with Gasteiger partial charge in [0.2, 0.25) is 0 Å². The van der Waals surface area contributed by atoms with Gasteiger partial charge in [0.15, 0.2) is 0 Å². The molecule has 2 N–H and O–H groups in total. The zero-order valence-corrected chi connectivity index (χ0v) is 9.01. The minimum Gasteiger partial charge on any atom is -0.398 e. The van der Waals surface area contributed by atoms with Crippen LogP contribution in [0.4, 0.5) is 5.69 Å². The molecule has 68 valence electrons. The SMILES string of the molecule is Nc1ccc(CCl)c2scc(Cl)c12. The number of alkyl halides is 1. The van der Waals surface area contributed by atoms with Crippen molar-refractivity contribution in [2.45, 2.75) is 5.88 Å². The number of nitrogen functional groups attached to an aromatic ring is 1. The fourth-order valence-electron chi connectivity index (χ4n) is 1.30. The van der Waals surface area contributed by atoms with Gasteiger partial charge in [-0.15, -0.1) is 22.9 Å². The number of nitrogens with two attached hydrogens (primary N) is 1. The van der Waals surface area contributed by atoms with Crippen molar-refractivity contribution >= 4 is 50.3 Å². The molecule has 0 unspecified atom stereocenters. The van der Waals surface area contributed by atoms with Gasteiger partial charge in [-0.3, -0.25) is 0 Å². The topological polar surface area (TPSA) is 26.0 Å². The number of rotatable bonds is 1. The molecule has 0 aliphatic carbocycles. The molecule has 0 saturated carbocycles. The molecule has 13 heavy (non-hydrogen) atoms. The molecule has 0 saturated heterocycles. The predicted octanol–water partition coefficient (Wildman–Crippen LogP) is 3.88. The number of halogens is 2. The van der Waals surface area contributed by atoms with E-state index in [9.17, 15) is 0 Å². The zero-order valence-electron chi connectivity index (χ0n) is 6.68. The standard InChI is InChI=1S/C9H7Cl2NS/c10-3-5-1-2-7(12)8-6(11)4-13-9(5)8/h1-2,4H,3,12H2. The average molecular weight is 232 g/mol. The maximum Gasteiger partial charge on any atom is 0.0612 e. The van der Waals surface area contributed by atoms with E-state index in [1.54, 1.807) is 11.3 Å². The van der Waals surface area contributed by atoms with Gasteiger partial charge >= 0.3 is 0 Å². The third kappa shape index (κ3) is 1.39. The number of hydrogen-bond donors (Lipinski definition) is 1. The molecule has 0 amide bonds. The molecule has 0 radical (unpaired) electrons. The van der Waals surface area contributed by atoms with Gasteiger partial charge in [0.1, 0.15) is 0 Å². The second kappa shape index (κ2) is 3.37. The van der Waals surface area contributed by atoms with E-state index in [1.165, 1.54) is 0 Å². The summed E-state index contributed by atoms with van der Waals surface area (Å²) in [4.78, 5) is 0. The minimum absolute atomic E-state index is 0.494. The van der Waals surface area contributed by atoms with Crippen molar-refractivity contribution in [3.05, 3.63) is 28.1 Å². The summed E-state index contributed by atoms with van der Waals surface area (Å²) in [6, 6.07) is 3.79. The van der Waals surface area contributed by atoms with Crippen LogP contribution in [-0.4, -0.2) is 0 Å². The summed E-state index contributed by atoms with van der Waals surface area (Å²) in [5.74, 6) is 0.494. The Morgan fingerprint density at radius 3 is 2.85 bits per heavy atom. The van der Waals surface area contributed by atoms with Gasteiger partial charge in [-0.25, -0.2) is 0 Å². The lowest BCUT2D eigenvalue weighted by Crippen LogP contribution is -1.87. The van der Waals surface area contributed by atoms with Gasteiger partial charge in [0.25, 0.3) is 0 Å². The first-order valence-electron chi connectivity index (χ1n) is 3.74. The molecular formula is C9H7Cl2NS. The van der Waals surface area contributed by atoms with Crippen molar-refractivity contribution in [1.29, 1.82) is 0 Å². The number of hydrogen-bond acceptors (Lipinski definition) is 2. The highest BCUT2D eigenvalue weighted by Gasteiger charge is 2.08. The Labute approximate surface area is 90.1 Å². The molecule has 0 bridgehead atoms. The van der Waals surface area contributed by atoms with Crippen LogP contribution in [-0.2, 0) is 5.88 Å². The van der Waals surface area contributed by atoms with E-state index in [1.807, 2.05) is 17.5 Å². The fraction of sp³-hybridized carbons (Fsp3) is 0.111. The summed E-state index contributed by atoms with van der Waals surface area (Å²) in [5, 5.41) is 3.54. The van der Waals surface area contributed by atoms with E-state index in [0.29, 0.717) is 10.9 Å². The van der Waals surface area contributed by atoms with Crippen molar-refractivity contribution in [3.8, 4) is 0 Å². The van der Waals surface area contributed by atoms with Gasteiger partial charge in [0, 0.05) is 27.0 Å². The quantitative estimate of drug-likeness (QED) is 0.586. The van der Waals surface area contributed by atoms with Crippen LogP contribution in [0.25, 0.3) is 10.1 Å². The largest absolute Gasteiger partial charge is 0.398 e. The first kappa shape index (κ1) is 9.13. The molecule has 2 rings (SSSR count). The van der Waals surface area contributed by atoms with E-state index in [2.05, 4.69) is 0 Å². The van der Waals surface area contributed by atoms with Crippen LogP contribution in [0.1, 0.15) is 5.56 Å². The molecule has 1 nitrogen and oxygen atoms in total. The highest BCUT2D eigenvalue weighted by atomic mass is 35.5. The summed E-state index contributed by atoms with van der Waals surface area (Å²) in [5.41, 5.74) is 7.61. The van der Waals surface area contributed by atoms with Crippen molar-refractivity contribution < 1.29 is 0 Å². The van der Waals surface area contributed by atoms with E-state index in [4.69, 9.17) is 28.9 Å². The van der Waals surface area contributed by atoms with E-state index in [-0.39, 0.29) is 0 Å². The molecule has 0 atom stereocenters. The van der Waals surface area contributed by atoms with E-state index >= 15 is 0 Å². The highest BCUT2D eigenvalue weighted by molar-refractivity contribution is 7.18. The van der Waals surface area contributed by atoms with Crippen molar-refractivity contribution in [2.75, 3.05) is 5.73 Å². The number of fused-ring (bicyclic) bond motifs is 1. The van der Waals surface area contributed by atoms with Gasteiger partial charge in [-0.2, -0.15) is 0 Å². The summed E-state index contributed by atoms with van der Waals surface area (Å²) in [6.07, 6.45) is 0. The van der Waals surface area contributed by atoms with Crippen LogP contribution >= 0.6 is 34.5 Å². The third-order valence-electron chi connectivity index (χ3n) is 1.93. The first-order chi connectivity index (χ1) is 6.24. The Kier molecular flexibility index (Phi) is 2.37. The van der Waals surface area contributed by atoms with Crippen LogP contribution in [0.2, 0.25) is 5.02 Å². The number of benzene rings is 1. The molecule has 4 heteroatoms. The van der Waals surface area contributed by atoms with Crippen molar-refractivity contribution in [3.63, 3.8) is 0 Å². The second-order valence-electron chi connectivity index (χ2n) is 2.74. The summed E-state index contributed by atoms with van der Waals surface area (Å²) in [7, 11) is 0. The lowest BCUT2D eigenvalue weighted by Gasteiger charge is -2.01. The Morgan fingerprint density at radius 1 is 1.38 bits per heavy atom. The third-order valence-corrected chi connectivity index (χ3v) is 3.71. The monoisotopic (exact) mass is 231 g/mol. The van der Waals surface area contributed by atoms with Crippen LogP contribution in [0.5, 0.6) is 0 Å². The van der Waals surface area contributed by atoms with E-state index < -0.39 is 0 Å². The Morgan fingerprint density at radius 2 is 2.15 bits per heavy atom. The molecule has 0 spiro atoms. The fourth-order valence-corrected chi connectivity index (χ4v) is 2.97. The van der Waals surface area contributed by atoms with Crippen molar-refractivity contribution in [1.82, 2.24) is 0 Å². The van der Waals surface area contributed by atoms with Crippen LogP contribution in [0.3, 0.4) is 0 Å². The minimum atomic E-state index is 0.494. The molecule has 0 fully saturated rings. The number of anilines is 1. The average Bonchev–Trinajstić information content (AvgIpc) is 2.50. The van der Waals surface area contributed by atoms with Gasteiger partial charge < -0.3 is 5.73 Å². The van der Waals surface area contributed by atoms with Crippen LogP contribution in [0.15, 0.2) is 17.5 Å². The predicted molar refractivity (Wildman–Crippen MR) is 60.8 cm³/mol. The Hall–Kier alpha value is -0.440. The lowest BCUT2D eigenvalue weighted by atomic mass is 10.1. The molecule has 1 aromatic heterocycles. The lowest BCUT2D eigenvalue weighted by molar-refractivity contribution is 1.47. The van der Waals surface area contributed by atoms with Gasteiger partial charge in [-0.05, 0) is 11.6 Å². The zero-order chi connectivity index (χ0) is 9.42. The summed E-state index contributed by atoms with van der Waals surface area (Å²) >= 11 is 13.4. The Balaban J connectivity index is 2.87. The Bertz CT molecular complexity index is 450. The van der Waals surface area contributed by atoms with Gasteiger partial charge in [0.05, 0.1) is 5.02 Å². The van der Waals surface area contributed by atoms with Crippen LogP contribution < -0.4 is 5.73 Å². The number of thiophene rings is 1. The highest BCUT2D eigenvalue weighted by Crippen LogP contribution is 2.36. The maximum absolute atomic E-state index is 5.99. The van der Waals surface area contributed by atoms with Crippen LogP contribution in [0, 0.1) is 0 Å². The van der Waals surface area contributed by atoms with Gasteiger partial charge in [-0.1, -0.05) is 17.7 Å². The van der Waals surface area contributed by atoms with E-state index in [0.717, 1.165) is 21.3 Å². The molecular weight excluding hydrogens is 225 g/mol. The molecule has 1 aromatic carbocycles. The molecule has 0 aliphatic rings. The molecule has 0 aliphatic heterocycles. The smallest absolute Gasteiger partial charge is 0.0612 e. The summed E-state index contributed by atoms with van der Waals surface area (Å²) in [6.45, 7) is 0. The second-order valence-corrected chi connectivity index (χ2v) is 4.29. The molecule has 2 aromatic rings. The first-order valence-corrected chi connectivity index (χ1v) is 5.53. The van der Waals surface area contributed by atoms with Crippen molar-refractivity contribution in [2.24, 2.45) is 0 Å². The molecule has 1 heterocycles. The summed E-state index contributed by atoms with van der Waals surface area (Å²) < 4.78 is 1.10.